The molecular weight excluding hydrogens is 254 g/mol. The van der Waals surface area contributed by atoms with Crippen molar-refractivity contribution in [2.45, 2.75) is 53.1 Å². The van der Waals surface area contributed by atoms with E-state index in [1.165, 1.54) is 6.42 Å². The molecule has 0 saturated carbocycles. The van der Waals surface area contributed by atoms with E-state index in [1.54, 1.807) is 0 Å². The number of hydrogen-bond acceptors (Lipinski definition) is 4. The van der Waals surface area contributed by atoms with Crippen LogP contribution >= 0.6 is 0 Å². The summed E-state index contributed by atoms with van der Waals surface area (Å²) in [7, 11) is 2.13. The zero-order valence-corrected chi connectivity index (χ0v) is 14.0. The van der Waals surface area contributed by atoms with Gasteiger partial charge < -0.3 is 14.4 Å². The van der Waals surface area contributed by atoms with Crippen LogP contribution < -0.4 is 0 Å². The molecule has 0 spiro atoms. The molecule has 0 saturated heterocycles. The van der Waals surface area contributed by atoms with E-state index < -0.39 is 0 Å². The van der Waals surface area contributed by atoms with E-state index in [2.05, 4.69) is 25.8 Å². The molecule has 4 nitrogen and oxygen atoms in total. The lowest BCUT2D eigenvalue weighted by molar-refractivity contribution is -0.126. The number of unbranched alkanes of at least 4 members (excludes halogenated alkanes) is 2. The van der Waals surface area contributed by atoms with E-state index in [0.717, 1.165) is 32.5 Å². The van der Waals surface area contributed by atoms with Crippen LogP contribution in [0.4, 0.5) is 0 Å². The fraction of sp³-hybridized carbons (Fsp3) is 0.938. The van der Waals surface area contributed by atoms with E-state index in [1.807, 2.05) is 13.8 Å². The Bertz CT molecular complexity index is 242. The van der Waals surface area contributed by atoms with Crippen LogP contribution in [0.15, 0.2) is 0 Å². The summed E-state index contributed by atoms with van der Waals surface area (Å²) in [6.07, 6.45) is 3.65. The molecule has 0 heterocycles. The summed E-state index contributed by atoms with van der Waals surface area (Å²) in [5.41, 5.74) is 0. The van der Waals surface area contributed by atoms with Crippen molar-refractivity contribution >= 4 is 5.78 Å². The van der Waals surface area contributed by atoms with Crippen molar-refractivity contribution in [2.24, 2.45) is 5.92 Å². The van der Waals surface area contributed by atoms with Crippen LogP contribution in [0.25, 0.3) is 0 Å². The van der Waals surface area contributed by atoms with Crippen molar-refractivity contribution in [3.63, 3.8) is 0 Å². The molecule has 0 aromatic rings. The van der Waals surface area contributed by atoms with Crippen LogP contribution in [0.2, 0.25) is 0 Å². The smallest absolute Gasteiger partial charge is 0.160 e. The van der Waals surface area contributed by atoms with Gasteiger partial charge in [-0.2, -0.15) is 0 Å². The first-order valence-corrected chi connectivity index (χ1v) is 7.84. The summed E-state index contributed by atoms with van der Waals surface area (Å²) in [6.45, 7) is 11.8. The normalized spacial score (nSPS) is 11.8. The van der Waals surface area contributed by atoms with E-state index >= 15 is 0 Å². The summed E-state index contributed by atoms with van der Waals surface area (Å²) >= 11 is 0. The van der Waals surface area contributed by atoms with Crippen LogP contribution in [0, 0.1) is 5.92 Å². The highest BCUT2D eigenvalue weighted by Crippen LogP contribution is 2.00. The third-order valence-electron chi connectivity index (χ3n) is 3.14. The molecule has 0 amide bonds. The summed E-state index contributed by atoms with van der Waals surface area (Å²) < 4.78 is 10.9. The Balaban J connectivity index is 3.29. The van der Waals surface area contributed by atoms with Crippen molar-refractivity contribution < 1.29 is 14.3 Å². The van der Waals surface area contributed by atoms with E-state index in [-0.39, 0.29) is 18.3 Å². The average Bonchev–Trinajstić information content (AvgIpc) is 2.36. The largest absolute Gasteiger partial charge is 0.377 e. The molecule has 0 fully saturated rings. The fourth-order valence-corrected chi connectivity index (χ4v) is 1.66. The Morgan fingerprint density at radius 3 is 2.30 bits per heavy atom. The summed E-state index contributed by atoms with van der Waals surface area (Å²) in [6, 6.07) is 0. The minimum atomic E-state index is 0.0803. The average molecular weight is 287 g/mol. The number of carbonyl (C=O) groups excluding carboxylic acids is 1. The fourth-order valence-electron chi connectivity index (χ4n) is 1.66. The second-order valence-electron chi connectivity index (χ2n) is 5.96. The number of hydrogen-bond donors (Lipinski definition) is 0. The topological polar surface area (TPSA) is 38.8 Å². The first kappa shape index (κ1) is 19.6. The van der Waals surface area contributed by atoms with E-state index in [4.69, 9.17) is 9.47 Å². The minimum Gasteiger partial charge on any atom is -0.377 e. The minimum absolute atomic E-state index is 0.0803. The van der Waals surface area contributed by atoms with Gasteiger partial charge in [0.05, 0.1) is 12.7 Å². The van der Waals surface area contributed by atoms with Crippen molar-refractivity contribution in [1.29, 1.82) is 0 Å². The number of nitrogens with zero attached hydrogens (tertiary/aromatic N) is 1. The predicted octanol–water partition coefficient (Wildman–Crippen LogP) is 2.76. The number of carbonyl (C=O) groups is 1. The molecule has 0 aromatic carbocycles. The maximum Gasteiger partial charge on any atom is 0.160 e. The van der Waals surface area contributed by atoms with Gasteiger partial charge in [0.1, 0.15) is 6.61 Å². The molecule has 0 aliphatic carbocycles. The van der Waals surface area contributed by atoms with Crippen LogP contribution in [0.1, 0.15) is 47.0 Å². The molecule has 0 N–H and O–H groups in total. The zero-order chi connectivity index (χ0) is 15.4. The molecule has 0 atom stereocenters. The maximum absolute atomic E-state index is 11.3. The summed E-state index contributed by atoms with van der Waals surface area (Å²) in [5, 5.41) is 0. The lowest BCUT2D eigenvalue weighted by atomic mass is 10.1. The van der Waals surface area contributed by atoms with Gasteiger partial charge in [-0.15, -0.1) is 0 Å². The second kappa shape index (κ2) is 12.3. The first-order chi connectivity index (χ1) is 9.43. The van der Waals surface area contributed by atoms with Gasteiger partial charge in [-0.25, -0.2) is 0 Å². The summed E-state index contributed by atoms with van der Waals surface area (Å²) in [4.78, 5) is 13.6. The number of ketones is 1. The Kier molecular flexibility index (Phi) is 12.0. The lowest BCUT2D eigenvalue weighted by Gasteiger charge is -2.17. The molecule has 0 aliphatic rings. The Hall–Kier alpha value is -0.450. The number of likely N-dealkylation sites (N-methyl/N-ethyl adjacent to an activating group) is 1. The van der Waals surface area contributed by atoms with Crippen LogP contribution in [-0.4, -0.2) is 56.7 Å². The van der Waals surface area contributed by atoms with Crippen LogP contribution in [0.5, 0.6) is 0 Å². The highest BCUT2D eigenvalue weighted by atomic mass is 16.5. The molecule has 0 unspecified atom stereocenters. The highest BCUT2D eigenvalue weighted by molar-refractivity contribution is 5.81. The molecule has 4 heteroatoms. The molecule has 0 radical (unpaired) electrons. The molecule has 20 heavy (non-hydrogen) atoms. The van der Waals surface area contributed by atoms with Gasteiger partial charge in [-0.1, -0.05) is 13.8 Å². The quantitative estimate of drug-likeness (QED) is 0.488. The SMILES string of the molecule is CC(C)OCCN(C)CCCCCOCC(=O)C(C)C. The van der Waals surface area contributed by atoms with Gasteiger partial charge in [0.2, 0.25) is 0 Å². The third-order valence-corrected chi connectivity index (χ3v) is 3.14. The van der Waals surface area contributed by atoms with Crippen molar-refractivity contribution in [1.82, 2.24) is 4.90 Å². The Morgan fingerprint density at radius 1 is 1.00 bits per heavy atom. The zero-order valence-electron chi connectivity index (χ0n) is 14.0. The molecule has 0 bridgehead atoms. The lowest BCUT2D eigenvalue weighted by Crippen LogP contribution is -2.25. The van der Waals surface area contributed by atoms with Gasteiger partial charge >= 0.3 is 0 Å². The van der Waals surface area contributed by atoms with Crippen molar-refractivity contribution in [3.8, 4) is 0 Å². The number of ether oxygens (including phenoxy) is 2. The third kappa shape index (κ3) is 12.6. The van der Waals surface area contributed by atoms with E-state index in [0.29, 0.717) is 12.7 Å². The molecular formula is C16H33NO3. The number of Topliss-reactive ketones (excluding diaryl/α,β-unsaturated/α-hetero) is 1. The van der Waals surface area contributed by atoms with E-state index in [9.17, 15) is 4.79 Å². The molecule has 120 valence electrons. The van der Waals surface area contributed by atoms with Gasteiger partial charge in [0, 0.05) is 19.1 Å². The standard InChI is InChI=1S/C16H33NO3/c1-14(2)16(18)13-19-11-8-6-7-9-17(5)10-12-20-15(3)4/h14-15H,6-13H2,1-5H3. The van der Waals surface area contributed by atoms with Gasteiger partial charge in [0.25, 0.3) is 0 Å². The van der Waals surface area contributed by atoms with Gasteiger partial charge in [0.15, 0.2) is 5.78 Å². The highest BCUT2D eigenvalue weighted by Gasteiger charge is 2.06. The summed E-state index contributed by atoms with van der Waals surface area (Å²) in [5.74, 6) is 0.270. The van der Waals surface area contributed by atoms with Crippen molar-refractivity contribution in [2.75, 3.05) is 40.0 Å². The first-order valence-electron chi connectivity index (χ1n) is 7.84. The predicted molar refractivity (Wildman–Crippen MR) is 83.1 cm³/mol. The van der Waals surface area contributed by atoms with Crippen LogP contribution in [0.3, 0.4) is 0 Å². The van der Waals surface area contributed by atoms with Gasteiger partial charge in [-0.3, -0.25) is 4.79 Å². The van der Waals surface area contributed by atoms with Crippen LogP contribution in [-0.2, 0) is 14.3 Å². The molecule has 0 aliphatic heterocycles. The van der Waals surface area contributed by atoms with Crippen molar-refractivity contribution in [3.05, 3.63) is 0 Å². The molecule has 0 aromatic heterocycles. The second-order valence-corrected chi connectivity index (χ2v) is 5.96. The van der Waals surface area contributed by atoms with Gasteiger partial charge in [-0.05, 0) is 46.7 Å². The molecule has 0 rings (SSSR count). The Labute approximate surface area is 124 Å². The Morgan fingerprint density at radius 2 is 1.70 bits per heavy atom. The number of rotatable bonds is 13. The maximum atomic E-state index is 11.3. The monoisotopic (exact) mass is 287 g/mol.